The topological polar surface area (TPSA) is 118 Å². The van der Waals surface area contributed by atoms with Crippen LogP contribution in [0.15, 0.2) is 28.5 Å². The van der Waals surface area contributed by atoms with Crippen LogP contribution >= 0.6 is 11.6 Å². The van der Waals surface area contributed by atoms with E-state index < -0.39 is 42.6 Å². The monoisotopic (exact) mass is 455 g/mol. The molecule has 3 amide bonds. The Kier molecular flexibility index (Phi) is 5.33. The van der Waals surface area contributed by atoms with E-state index in [-0.39, 0.29) is 35.9 Å². The number of urea groups is 1. The molecule has 164 valence electrons. The van der Waals surface area contributed by atoms with E-state index in [1.165, 1.54) is 21.7 Å². The van der Waals surface area contributed by atoms with Crippen molar-refractivity contribution in [1.29, 1.82) is 0 Å². The molecule has 0 atom stereocenters. The molecule has 1 aliphatic heterocycles. The molecule has 1 saturated carbocycles. The minimum absolute atomic E-state index is 0.0158. The van der Waals surface area contributed by atoms with Crippen LogP contribution in [0.3, 0.4) is 0 Å². The van der Waals surface area contributed by atoms with Crippen molar-refractivity contribution in [3.05, 3.63) is 40.3 Å². The van der Waals surface area contributed by atoms with Gasteiger partial charge in [0.1, 0.15) is 11.5 Å². The molecule has 1 fully saturated rings. The average Bonchev–Trinajstić information content (AvgIpc) is 3.07. The van der Waals surface area contributed by atoms with Gasteiger partial charge in [0.25, 0.3) is 5.92 Å². The smallest absolute Gasteiger partial charge is 0.318 e. The minimum Gasteiger partial charge on any atom is -0.335 e. The van der Waals surface area contributed by atoms with E-state index in [4.69, 9.17) is 17.4 Å². The SMILES string of the molecule is NN=NC(=O)c1c(-c2ccc(F)c(Cl)c2)nn2c1CN(C(=O)NC1CC(F)(F)C1)CC2. The van der Waals surface area contributed by atoms with Crippen molar-refractivity contribution in [2.75, 3.05) is 6.54 Å². The Hall–Kier alpha value is -3.15. The first-order valence-corrected chi connectivity index (χ1v) is 9.70. The standard InChI is InChI=1S/C18H17ClF3N7O2/c19-11-5-9(1-2-12(11)20)15-14(16(30)25-27-23)13-8-28(3-4-29(13)26-15)17(31)24-10-6-18(21,22)7-10/h1-2,5,10H,3-4,6-8H2,(H,24,31)(H2,23,25,30). The van der Waals surface area contributed by atoms with E-state index >= 15 is 0 Å². The van der Waals surface area contributed by atoms with Gasteiger partial charge in [-0.3, -0.25) is 9.48 Å². The largest absolute Gasteiger partial charge is 0.335 e. The molecule has 1 aromatic heterocycles. The third-order valence-corrected chi connectivity index (χ3v) is 5.53. The number of rotatable bonds is 3. The van der Waals surface area contributed by atoms with Crippen molar-refractivity contribution in [2.45, 2.75) is 37.9 Å². The van der Waals surface area contributed by atoms with Gasteiger partial charge in [0.05, 0.1) is 29.4 Å². The van der Waals surface area contributed by atoms with Crippen molar-refractivity contribution in [2.24, 2.45) is 16.2 Å². The van der Waals surface area contributed by atoms with Crippen LogP contribution in [0.5, 0.6) is 0 Å². The first kappa shape index (κ1) is 21.1. The van der Waals surface area contributed by atoms with Crippen molar-refractivity contribution in [1.82, 2.24) is 20.0 Å². The molecule has 2 heterocycles. The van der Waals surface area contributed by atoms with E-state index in [9.17, 15) is 22.8 Å². The fraction of sp³-hybridized carbons (Fsp3) is 0.389. The average molecular weight is 456 g/mol. The highest BCUT2D eigenvalue weighted by atomic mass is 35.5. The fourth-order valence-corrected chi connectivity index (χ4v) is 3.87. The fourth-order valence-electron chi connectivity index (χ4n) is 3.69. The summed E-state index contributed by atoms with van der Waals surface area (Å²) < 4.78 is 41.2. The number of nitrogens with two attached hydrogens (primary N) is 1. The highest BCUT2D eigenvalue weighted by molar-refractivity contribution is 6.31. The third-order valence-electron chi connectivity index (χ3n) is 5.24. The predicted octanol–water partition coefficient (Wildman–Crippen LogP) is 3.13. The molecule has 13 heteroatoms. The summed E-state index contributed by atoms with van der Waals surface area (Å²) in [6, 6.07) is 2.76. The van der Waals surface area contributed by atoms with Gasteiger partial charge in [-0.15, -0.1) is 0 Å². The van der Waals surface area contributed by atoms with Crippen LogP contribution in [0.1, 0.15) is 28.9 Å². The molecule has 0 saturated heterocycles. The zero-order valence-corrected chi connectivity index (χ0v) is 16.7. The molecule has 31 heavy (non-hydrogen) atoms. The lowest BCUT2D eigenvalue weighted by atomic mass is 9.88. The van der Waals surface area contributed by atoms with Crippen LogP contribution in [0.25, 0.3) is 11.3 Å². The first-order chi connectivity index (χ1) is 14.7. The van der Waals surface area contributed by atoms with Crippen LogP contribution in [-0.4, -0.2) is 45.1 Å². The third kappa shape index (κ3) is 4.07. The molecule has 3 N–H and O–H groups in total. The van der Waals surface area contributed by atoms with Gasteiger partial charge in [-0.2, -0.15) is 5.10 Å². The number of hydrogen-bond acceptors (Lipinski definition) is 4. The van der Waals surface area contributed by atoms with Gasteiger partial charge in [0.2, 0.25) is 0 Å². The van der Waals surface area contributed by atoms with E-state index in [0.29, 0.717) is 11.3 Å². The molecular weight excluding hydrogens is 439 g/mol. The van der Waals surface area contributed by atoms with Crippen molar-refractivity contribution < 1.29 is 22.8 Å². The van der Waals surface area contributed by atoms with Gasteiger partial charge < -0.3 is 16.1 Å². The number of nitrogens with one attached hydrogen (secondary N) is 1. The van der Waals surface area contributed by atoms with Crippen LogP contribution in [-0.2, 0) is 13.1 Å². The summed E-state index contributed by atoms with van der Waals surface area (Å²) in [4.78, 5) is 26.5. The summed E-state index contributed by atoms with van der Waals surface area (Å²) in [5, 5.41) is 13.2. The number of hydrogen-bond donors (Lipinski definition) is 2. The van der Waals surface area contributed by atoms with Crippen LogP contribution in [0, 0.1) is 5.82 Å². The van der Waals surface area contributed by atoms with Crippen LogP contribution in [0.4, 0.5) is 18.0 Å². The van der Waals surface area contributed by atoms with E-state index in [1.807, 2.05) is 0 Å². The summed E-state index contributed by atoms with van der Waals surface area (Å²) >= 11 is 5.86. The zero-order chi connectivity index (χ0) is 22.3. The molecule has 1 aromatic carbocycles. The van der Waals surface area contributed by atoms with Gasteiger partial charge in [-0.05, 0) is 18.2 Å². The molecule has 2 aliphatic rings. The number of benzene rings is 1. The maximum Gasteiger partial charge on any atom is 0.318 e. The minimum atomic E-state index is -2.75. The molecule has 0 spiro atoms. The Bertz CT molecular complexity index is 1080. The maximum absolute atomic E-state index is 13.6. The molecular formula is C18H17ClF3N7O2. The Morgan fingerprint density at radius 2 is 2.03 bits per heavy atom. The number of carbonyl (C=O) groups excluding carboxylic acids is 2. The number of carbonyl (C=O) groups is 2. The quantitative estimate of drug-likeness (QED) is 0.420. The van der Waals surface area contributed by atoms with E-state index in [0.717, 1.165) is 6.07 Å². The van der Waals surface area contributed by atoms with Gasteiger partial charge in [-0.1, -0.05) is 21.9 Å². The van der Waals surface area contributed by atoms with E-state index in [2.05, 4.69) is 20.8 Å². The molecule has 1 aliphatic carbocycles. The van der Waals surface area contributed by atoms with E-state index in [1.54, 1.807) is 0 Å². The summed E-state index contributed by atoms with van der Waals surface area (Å²) in [7, 11) is 0. The number of alkyl halides is 2. The number of halogens is 4. The number of nitrogens with zero attached hydrogens (tertiary/aromatic N) is 5. The highest BCUT2D eigenvalue weighted by Gasteiger charge is 2.46. The lowest BCUT2D eigenvalue weighted by molar-refractivity contribution is -0.0903. The Morgan fingerprint density at radius 3 is 2.68 bits per heavy atom. The number of amides is 3. The van der Waals surface area contributed by atoms with Crippen molar-refractivity contribution >= 4 is 23.5 Å². The summed E-state index contributed by atoms with van der Waals surface area (Å²) in [5.74, 6) is 0.846. The van der Waals surface area contributed by atoms with Gasteiger partial charge in [0.15, 0.2) is 0 Å². The summed E-state index contributed by atoms with van der Waals surface area (Å²) in [6.07, 6.45) is -0.804. The predicted molar refractivity (Wildman–Crippen MR) is 103 cm³/mol. The lowest BCUT2D eigenvalue weighted by Crippen LogP contribution is -2.54. The van der Waals surface area contributed by atoms with Crippen molar-refractivity contribution in [3.63, 3.8) is 0 Å². The Morgan fingerprint density at radius 1 is 1.29 bits per heavy atom. The van der Waals surface area contributed by atoms with Crippen molar-refractivity contribution in [3.8, 4) is 11.3 Å². The summed E-state index contributed by atoms with van der Waals surface area (Å²) in [6.45, 7) is 0.482. The van der Waals surface area contributed by atoms with Gasteiger partial charge >= 0.3 is 11.9 Å². The molecule has 9 nitrogen and oxygen atoms in total. The molecule has 2 aromatic rings. The molecule has 0 radical (unpaired) electrons. The van der Waals surface area contributed by atoms with Crippen LogP contribution < -0.4 is 11.2 Å². The second-order valence-electron chi connectivity index (χ2n) is 7.38. The second kappa shape index (κ2) is 7.84. The Labute approximate surface area is 179 Å². The first-order valence-electron chi connectivity index (χ1n) is 9.32. The van der Waals surface area contributed by atoms with Gasteiger partial charge in [-0.25, -0.2) is 18.0 Å². The maximum atomic E-state index is 13.6. The number of aromatic nitrogens is 2. The molecule has 0 bridgehead atoms. The molecule has 4 rings (SSSR count). The number of fused-ring (bicyclic) bond motifs is 1. The highest BCUT2D eigenvalue weighted by Crippen LogP contribution is 2.37. The van der Waals surface area contributed by atoms with Crippen LogP contribution in [0.2, 0.25) is 5.02 Å². The Balaban J connectivity index is 1.64. The second-order valence-corrected chi connectivity index (χ2v) is 7.78. The lowest BCUT2D eigenvalue weighted by Gasteiger charge is -2.37. The summed E-state index contributed by atoms with van der Waals surface area (Å²) in [5.41, 5.74) is 0.976. The molecule has 0 unspecified atom stereocenters. The normalized spacial score (nSPS) is 18.0. The van der Waals surface area contributed by atoms with Gasteiger partial charge in [0, 0.05) is 31.0 Å². The zero-order valence-electron chi connectivity index (χ0n) is 16.0.